The lowest BCUT2D eigenvalue weighted by molar-refractivity contribution is -0.139. The average Bonchev–Trinajstić information content (AvgIpc) is 2.72. The van der Waals surface area contributed by atoms with Crippen LogP contribution in [0.15, 0.2) is 77.7 Å². The van der Waals surface area contributed by atoms with Crippen LogP contribution >= 0.6 is 0 Å². The van der Waals surface area contributed by atoms with Crippen LogP contribution in [0.5, 0.6) is 5.75 Å². The van der Waals surface area contributed by atoms with Crippen molar-refractivity contribution in [3.63, 3.8) is 0 Å². The molecule has 0 amide bonds. The minimum atomic E-state index is -0.487. The number of carbonyl (C=O) groups excluding carboxylic acids is 1. The summed E-state index contributed by atoms with van der Waals surface area (Å²) in [5, 5.41) is 0. The highest BCUT2D eigenvalue weighted by atomic mass is 16.5. The third-order valence-electron chi connectivity index (χ3n) is 4.45. The molecular weight excluding hydrogens is 342 g/mol. The standard InChI is InChI=1S/C22H21NO4/c1-26-19-13-14-23(22(25)18(19)15-20(24)27-2)21(16-9-5-3-6-10-16)17-11-7-4-8-12-17/h3-14,21H,15H2,1-2H3. The Balaban J connectivity index is 2.20. The molecule has 1 aromatic heterocycles. The van der Waals surface area contributed by atoms with Crippen LogP contribution < -0.4 is 10.3 Å². The molecule has 5 heteroatoms. The van der Waals surface area contributed by atoms with E-state index in [-0.39, 0.29) is 23.6 Å². The lowest BCUT2D eigenvalue weighted by atomic mass is 9.98. The van der Waals surface area contributed by atoms with Crippen LogP contribution in [0, 0.1) is 0 Å². The maximum atomic E-state index is 13.3. The number of aromatic nitrogens is 1. The first-order valence-electron chi connectivity index (χ1n) is 8.60. The zero-order valence-corrected chi connectivity index (χ0v) is 15.3. The Hall–Kier alpha value is -3.34. The van der Waals surface area contributed by atoms with Gasteiger partial charge in [-0.15, -0.1) is 0 Å². The van der Waals surface area contributed by atoms with Gasteiger partial charge in [0.25, 0.3) is 5.56 Å². The van der Waals surface area contributed by atoms with Gasteiger partial charge >= 0.3 is 5.97 Å². The molecule has 2 aromatic carbocycles. The molecule has 0 aliphatic carbocycles. The number of carbonyl (C=O) groups is 1. The predicted molar refractivity (Wildman–Crippen MR) is 103 cm³/mol. The first kappa shape index (κ1) is 18.5. The first-order chi connectivity index (χ1) is 13.2. The first-order valence-corrected chi connectivity index (χ1v) is 8.60. The molecule has 0 saturated heterocycles. The van der Waals surface area contributed by atoms with Gasteiger partial charge in [0, 0.05) is 6.20 Å². The smallest absolute Gasteiger partial charge is 0.310 e. The van der Waals surface area contributed by atoms with Gasteiger partial charge in [0.1, 0.15) is 5.75 Å². The Kier molecular flexibility index (Phi) is 5.71. The Morgan fingerprint density at radius 1 is 0.926 bits per heavy atom. The molecule has 0 aliphatic heterocycles. The van der Waals surface area contributed by atoms with E-state index in [1.165, 1.54) is 14.2 Å². The van der Waals surface area contributed by atoms with Gasteiger partial charge in [-0.25, -0.2) is 0 Å². The molecule has 27 heavy (non-hydrogen) atoms. The normalized spacial score (nSPS) is 10.6. The van der Waals surface area contributed by atoms with Gasteiger partial charge in [0.05, 0.1) is 32.2 Å². The Morgan fingerprint density at radius 2 is 1.48 bits per heavy atom. The van der Waals surface area contributed by atoms with Gasteiger partial charge in [0.15, 0.2) is 0 Å². The molecule has 0 radical (unpaired) electrons. The summed E-state index contributed by atoms with van der Waals surface area (Å²) in [7, 11) is 2.78. The second-order valence-corrected chi connectivity index (χ2v) is 6.05. The van der Waals surface area contributed by atoms with Gasteiger partial charge in [-0.05, 0) is 17.2 Å². The van der Waals surface area contributed by atoms with Crippen LogP contribution in [0.25, 0.3) is 0 Å². The van der Waals surface area contributed by atoms with Crippen molar-refractivity contribution < 1.29 is 14.3 Å². The number of nitrogens with zero attached hydrogens (tertiary/aromatic N) is 1. The maximum absolute atomic E-state index is 13.3. The minimum Gasteiger partial charge on any atom is -0.496 e. The number of rotatable bonds is 6. The largest absolute Gasteiger partial charge is 0.496 e. The van der Waals surface area contributed by atoms with E-state index >= 15 is 0 Å². The minimum absolute atomic E-state index is 0.143. The summed E-state index contributed by atoms with van der Waals surface area (Å²) in [6.07, 6.45) is 1.56. The highest BCUT2D eigenvalue weighted by Gasteiger charge is 2.22. The topological polar surface area (TPSA) is 57.5 Å². The fourth-order valence-corrected chi connectivity index (χ4v) is 3.14. The molecule has 3 aromatic rings. The molecule has 0 saturated carbocycles. The lowest BCUT2D eigenvalue weighted by Gasteiger charge is -2.22. The van der Waals surface area contributed by atoms with Gasteiger partial charge in [-0.2, -0.15) is 0 Å². The third kappa shape index (κ3) is 3.92. The van der Waals surface area contributed by atoms with Crippen LogP contribution in [0.2, 0.25) is 0 Å². The van der Waals surface area contributed by atoms with Crippen molar-refractivity contribution in [1.29, 1.82) is 0 Å². The summed E-state index contributed by atoms with van der Waals surface area (Å²) in [5.74, 6) is -0.111. The highest BCUT2D eigenvalue weighted by molar-refractivity contribution is 5.73. The number of esters is 1. The predicted octanol–water partition coefficient (Wildman–Crippen LogP) is 3.21. The molecule has 5 nitrogen and oxygen atoms in total. The van der Waals surface area contributed by atoms with Gasteiger partial charge in [-0.3, -0.25) is 9.59 Å². The summed E-state index contributed by atoms with van der Waals surface area (Å²) in [6, 6.07) is 20.9. The number of benzene rings is 2. The van der Waals surface area contributed by atoms with E-state index in [0.29, 0.717) is 5.75 Å². The summed E-state index contributed by atoms with van der Waals surface area (Å²) >= 11 is 0. The molecule has 138 valence electrons. The van der Waals surface area contributed by atoms with Crippen LogP contribution in [-0.2, 0) is 16.0 Å². The van der Waals surface area contributed by atoms with E-state index in [2.05, 4.69) is 0 Å². The number of ether oxygens (including phenoxy) is 2. The van der Waals surface area contributed by atoms with Crippen molar-refractivity contribution in [3.8, 4) is 5.75 Å². The van der Waals surface area contributed by atoms with Crippen molar-refractivity contribution >= 4 is 5.97 Å². The molecule has 0 bridgehead atoms. The summed E-state index contributed by atoms with van der Waals surface area (Å²) in [5.41, 5.74) is 1.95. The second-order valence-electron chi connectivity index (χ2n) is 6.05. The summed E-state index contributed by atoms with van der Waals surface area (Å²) in [4.78, 5) is 25.1. The molecule has 0 N–H and O–H groups in total. The monoisotopic (exact) mass is 363 g/mol. The van der Waals surface area contributed by atoms with Crippen molar-refractivity contribution in [1.82, 2.24) is 4.57 Å². The van der Waals surface area contributed by atoms with E-state index < -0.39 is 5.97 Å². The summed E-state index contributed by atoms with van der Waals surface area (Å²) < 4.78 is 11.7. The molecule has 1 heterocycles. The Labute approximate surface area is 157 Å². The second kappa shape index (κ2) is 8.36. The average molecular weight is 363 g/mol. The molecule has 3 rings (SSSR count). The van der Waals surface area contributed by atoms with Crippen LogP contribution in [0.3, 0.4) is 0 Å². The molecule has 0 atom stereocenters. The lowest BCUT2D eigenvalue weighted by Crippen LogP contribution is -2.30. The molecule has 0 unspecified atom stereocenters. The fourth-order valence-electron chi connectivity index (χ4n) is 3.14. The van der Waals surface area contributed by atoms with Crippen molar-refractivity contribution in [2.45, 2.75) is 12.5 Å². The quantitative estimate of drug-likeness (QED) is 0.631. The number of pyridine rings is 1. The van der Waals surface area contributed by atoms with Gasteiger partial charge in [0.2, 0.25) is 0 Å². The van der Waals surface area contributed by atoms with E-state index in [0.717, 1.165) is 11.1 Å². The fraction of sp³-hybridized carbons (Fsp3) is 0.182. The Bertz CT molecular complexity index is 925. The van der Waals surface area contributed by atoms with Crippen molar-refractivity contribution in [2.24, 2.45) is 0 Å². The molecule has 0 aliphatic rings. The SMILES string of the molecule is COC(=O)Cc1c(OC)ccn(C(c2ccccc2)c2ccccc2)c1=O. The zero-order chi connectivity index (χ0) is 19.2. The zero-order valence-electron chi connectivity index (χ0n) is 15.3. The van der Waals surface area contributed by atoms with Crippen LogP contribution in [0.4, 0.5) is 0 Å². The summed E-state index contributed by atoms with van der Waals surface area (Å²) in [6.45, 7) is 0. The van der Waals surface area contributed by atoms with E-state index in [1.54, 1.807) is 16.8 Å². The van der Waals surface area contributed by atoms with Crippen LogP contribution in [0.1, 0.15) is 22.7 Å². The number of methoxy groups -OCH3 is 2. The maximum Gasteiger partial charge on any atom is 0.310 e. The van der Waals surface area contributed by atoms with Crippen LogP contribution in [-0.4, -0.2) is 24.8 Å². The van der Waals surface area contributed by atoms with Crippen molar-refractivity contribution in [2.75, 3.05) is 14.2 Å². The Morgan fingerprint density at radius 3 is 1.96 bits per heavy atom. The molecular formula is C22H21NO4. The van der Waals surface area contributed by atoms with E-state index in [4.69, 9.17) is 9.47 Å². The number of hydrogen-bond acceptors (Lipinski definition) is 4. The van der Waals surface area contributed by atoms with Gasteiger partial charge < -0.3 is 14.0 Å². The highest BCUT2D eigenvalue weighted by Crippen LogP contribution is 2.26. The van der Waals surface area contributed by atoms with E-state index in [9.17, 15) is 9.59 Å². The number of hydrogen-bond donors (Lipinski definition) is 0. The van der Waals surface area contributed by atoms with E-state index in [1.807, 2.05) is 60.7 Å². The molecule has 0 fully saturated rings. The van der Waals surface area contributed by atoms with Crippen molar-refractivity contribution in [3.05, 3.63) is 100.0 Å². The third-order valence-corrected chi connectivity index (χ3v) is 4.45. The van der Waals surface area contributed by atoms with Gasteiger partial charge in [-0.1, -0.05) is 60.7 Å². The molecule has 0 spiro atoms.